The van der Waals surface area contributed by atoms with E-state index >= 15 is 0 Å². The summed E-state index contributed by atoms with van der Waals surface area (Å²) in [4.78, 5) is 31.7. The number of H-pyrrole nitrogens is 1. The second-order valence-electron chi connectivity index (χ2n) is 28.6. The van der Waals surface area contributed by atoms with Gasteiger partial charge >= 0.3 is 4.87 Å². The van der Waals surface area contributed by atoms with Crippen LogP contribution >= 0.6 is 58.0 Å². The van der Waals surface area contributed by atoms with Crippen molar-refractivity contribution in [2.45, 2.75) is 244 Å². The fraction of sp³-hybridized carbons (Fsp3) is 0.506. The number of unbranched alkanes of at least 4 members (excludes halogenated alkanes) is 2. The molecule has 0 radical (unpaired) electrons. The number of ether oxygens (including phenoxy) is 6. The number of rotatable bonds is 31. The predicted octanol–water partition coefficient (Wildman–Crippen LogP) is 19.1. The number of carboxylic acid groups (broad SMARTS) is 1. The summed E-state index contributed by atoms with van der Waals surface area (Å²) < 4.78 is 67.7. The van der Waals surface area contributed by atoms with Crippen LogP contribution in [0.5, 0.6) is 39.1 Å². The second kappa shape index (κ2) is 44.8. The summed E-state index contributed by atoms with van der Waals surface area (Å²) in [6.07, 6.45) is 3.13. The van der Waals surface area contributed by atoms with E-state index in [9.17, 15) is 33.6 Å². The van der Waals surface area contributed by atoms with Crippen LogP contribution in [0.4, 0.5) is 0 Å². The van der Waals surface area contributed by atoms with Crippen LogP contribution in [0.25, 0.3) is 30.6 Å². The maximum Gasteiger partial charge on any atom is 0.305 e. The third-order valence-electron chi connectivity index (χ3n) is 15.0. The van der Waals surface area contributed by atoms with Crippen LogP contribution in [0.2, 0.25) is 0 Å². The van der Waals surface area contributed by atoms with E-state index in [2.05, 4.69) is 91.4 Å². The average molecular weight is 1680 g/mol. The number of hydrogen-bond donors (Lipinski definition) is 8. The predicted molar refractivity (Wildman–Crippen MR) is 451 cm³/mol. The van der Waals surface area contributed by atoms with Crippen LogP contribution in [0, 0.1) is 6.92 Å². The van der Waals surface area contributed by atoms with Gasteiger partial charge in [0.05, 0.1) is 79.8 Å². The summed E-state index contributed by atoms with van der Waals surface area (Å²) in [6, 6.07) is 33.1. The fourth-order valence-corrected chi connectivity index (χ4v) is 14.3. The van der Waals surface area contributed by atoms with Gasteiger partial charge in [-0.25, -0.2) is 9.97 Å². The van der Waals surface area contributed by atoms with Crippen LogP contribution < -0.4 is 43.9 Å². The van der Waals surface area contributed by atoms with Crippen LogP contribution in [-0.4, -0.2) is 123 Å². The van der Waals surface area contributed by atoms with Crippen LogP contribution in [-0.2, 0) is 31.9 Å². The number of halogens is 1. The molecule has 0 bridgehead atoms. The van der Waals surface area contributed by atoms with Crippen LogP contribution in [0.3, 0.4) is 0 Å². The molecule has 9 rings (SSSR count). The van der Waals surface area contributed by atoms with Gasteiger partial charge in [0.15, 0.2) is 0 Å². The van der Waals surface area contributed by atoms with Crippen LogP contribution in [0.15, 0.2) is 119 Å². The minimum absolute atomic E-state index is 0. The summed E-state index contributed by atoms with van der Waals surface area (Å²) in [5.74, 6) is 3.01. The van der Waals surface area contributed by atoms with Gasteiger partial charge in [0.25, 0.3) is 27.0 Å². The van der Waals surface area contributed by atoms with E-state index in [0.717, 1.165) is 95.9 Å². The average Bonchev–Trinajstić information content (AvgIpc) is 1.31. The molecule has 6 aromatic carbocycles. The van der Waals surface area contributed by atoms with E-state index < -0.39 is 40.6 Å². The lowest BCUT2D eigenvalue weighted by atomic mass is 9.94. The Morgan fingerprint density at radius 1 is 0.561 bits per heavy atom. The Balaban J connectivity index is 0.000000773. The summed E-state index contributed by atoms with van der Waals surface area (Å²) in [7, 11) is -4.01. The molecule has 0 aliphatic heterocycles. The van der Waals surface area contributed by atoms with Gasteiger partial charge in [-0.15, -0.1) is 24.0 Å². The molecule has 3 heterocycles. The van der Waals surface area contributed by atoms with Crippen molar-refractivity contribution in [1.29, 1.82) is 0 Å². The molecular formula is C81H122IN5O16S4. The third kappa shape index (κ3) is 32.8. The molecule has 598 valence electrons. The van der Waals surface area contributed by atoms with Gasteiger partial charge in [0.2, 0.25) is 0 Å². The van der Waals surface area contributed by atoms with E-state index in [1.54, 1.807) is 24.3 Å². The number of fused-ring (bicyclic) bond motifs is 3. The van der Waals surface area contributed by atoms with Crippen LogP contribution in [0.1, 0.15) is 218 Å². The first-order valence-corrected chi connectivity index (χ1v) is 38.2. The van der Waals surface area contributed by atoms with Gasteiger partial charge in [-0.05, 0) is 195 Å². The number of aryl methyl sites for hydroxylation is 1. The minimum atomic E-state index is -4.01. The van der Waals surface area contributed by atoms with Crippen molar-refractivity contribution >= 4 is 105 Å². The fourth-order valence-electron chi connectivity index (χ4n) is 10.4. The highest BCUT2D eigenvalue weighted by Crippen LogP contribution is 2.40. The molecule has 0 aliphatic carbocycles. The number of nitrogens with one attached hydrogen (secondary N) is 3. The highest BCUT2D eigenvalue weighted by atomic mass is 127. The number of hydrogen-bond acceptors (Lipinski definition) is 22. The van der Waals surface area contributed by atoms with Crippen molar-refractivity contribution in [3.05, 3.63) is 152 Å². The number of aliphatic hydroxyl groups is 3. The molecule has 3 atom stereocenters. The lowest BCUT2D eigenvalue weighted by molar-refractivity contribution is -0.122. The molecule has 0 saturated heterocycles. The number of thiazole rings is 3. The van der Waals surface area contributed by atoms with Crippen molar-refractivity contribution in [3.63, 3.8) is 0 Å². The van der Waals surface area contributed by atoms with Gasteiger partial charge in [-0.3, -0.25) is 13.8 Å². The monoisotopic (exact) mass is 1680 g/mol. The SMILES string of the molecule is C.C.C.C.CCCCOc1ccc(CC(C)(C)NC[C@H](O)c2cc(O)cc3[nH]c(=O)sc23)cc1.CCCCOc1ccc(CC(C)(C)NC[C@H](O)c2cc(OC(C)(C)C)cc3nc(OC(C)C)sc23)cc1.Cc1ccc(S(=O)(=O)OC[C@H](O)c2cc(OC(C)(C)C)cc3nc(OC(C)C)sc23)cc1.I.O=CO. The van der Waals surface area contributed by atoms with Crippen molar-refractivity contribution in [2.24, 2.45) is 0 Å². The molecule has 3 aromatic heterocycles. The Labute approximate surface area is 665 Å². The standard InChI is InChI=1S/C30H44N2O4S.C23H30N2O4S.C23H29NO6S2.CH2O2.4CH4.HI/c1-9-10-15-34-22-13-11-21(12-14-22)18-30(7,8)31-19-26(33)24-16-23(36-29(4,5)6)17-25-27(24)37-28(32-25)35-20(2)3;1-4-5-10-29-17-8-6-15(7-9-17)13-23(2,3)24-14-20(27)18-11-16(26)12-19-21(18)30-22(28)25-19;1-14(2)29-22-24-19-12-16(30-23(4,5)6)11-18(21(19)31-22)20(25)13-28-32(26,27)17-9-7-15(3)8-10-17;2-1-3;;;;;/h11-14,16-17,20,26,31,33H,9-10,15,18-19H2,1-8H3;6-9,11-12,20,24,26-27H,4-5,10,13-14H2,1-3H3,(H,25,28);7-12,14,20,25H,13H2,1-6H3;1H,(H,2,3);4*1H4;1H/t26-;2*20-;;;;;;/m000....../s1. The number of β-amino-alcohol motifs (C(OH)–C–C–N with tert-alkyl or cyclic N) is 2. The Hall–Kier alpha value is -6.70. The molecule has 0 saturated carbocycles. The highest BCUT2D eigenvalue weighted by Gasteiger charge is 2.28. The molecule has 0 spiro atoms. The lowest BCUT2D eigenvalue weighted by Gasteiger charge is -2.28. The summed E-state index contributed by atoms with van der Waals surface area (Å²) >= 11 is 3.79. The highest BCUT2D eigenvalue weighted by molar-refractivity contribution is 14.0. The summed E-state index contributed by atoms with van der Waals surface area (Å²) in [5.41, 5.74) is 5.76. The first-order chi connectivity index (χ1) is 47.9. The third-order valence-corrected chi connectivity index (χ3v) is 19.3. The van der Waals surface area contributed by atoms with Gasteiger partial charge in [-0.2, -0.15) is 8.42 Å². The Morgan fingerprint density at radius 2 is 0.953 bits per heavy atom. The topological polar surface area (TPSA) is 300 Å². The number of carbonyl (C=O) groups is 1. The van der Waals surface area contributed by atoms with E-state index in [-0.39, 0.29) is 105 Å². The molecule has 0 amide bonds. The first-order valence-electron chi connectivity index (χ1n) is 34.4. The normalized spacial score (nSPS) is 12.4. The molecule has 107 heavy (non-hydrogen) atoms. The number of aromatic nitrogens is 3. The van der Waals surface area contributed by atoms with Crippen molar-refractivity contribution in [3.8, 4) is 39.1 Å². The summed E-state index contributed by atoms with van der Waals surface area (Å²) in [5, 5.41) is 57.8. The molecule has 8 N–H and O–H groups in total. The van der Waals surface area contributed by atoms with E-state index in [1.165, 1.54) is 58.1 Å². The number of aliphatic hydroxyl groups excluding tert-OH is 3. The van der Waals surface area contributed by atoms with Gasteiger partial charge < -0.3 is 69.6 Å². The zero-order valence-electron chi connectivity index (χ0n) is 62.3. The summed E-state index contributed by atoms with van der Waals surface area (Å²) in [6.45, 7) is 35.7. The Bertz CT molecular complexity index is 4260. The zero-order valence-corrected chi connectivity index (χ0v) is 67.9. The zero-order chi connectivity index (χ0) is 75.3. The maximum absolute atomic E-state index is 12.5. The smallest absolute Gasteiger partial charge is 0.305 e. The van der Waals surface area contributed by atoms with E-state index in [4.69, 9.17) is 42.5 Å². The Morgan fingerprint density at radius 3 is 1.34 bits per heavy atom. The van der Waals surface area contributed by atoms with Gasteiger partial charge in [0.1, 0.15) is 46.1 Å². The van der Waals surface area contributed by atoms with Gasteiger partial charge in [0, 0.05) is 59.1 Å². The number of phenols is 1. The van der Waals surface area contributed by atoms with Crippen molar-refractivity contribution in [1.82, 2.24) is 25.6 Å². The Kier molecular flexibility index (Phi) is 41.2. The number of benzene rings is 6. The van der Waals surface area contributed by atoms with E-state index in [0.29, 0.717) is 66.5 Å². The molecule has 0 fully saturated rings. The second-order valence-corrected chi connectivity index (χ2v) is 33.2. The van der Waals surface area contributed by atoms with Gasteiger partial charge in [-0.1, -0.05) is 132 Å². The molecule has 0 unspecified atom stereocenters. The largest absolute Gasteiger partial charge is 0.508 e. The molecule has 9 aromatic rings. The lowest BCUT2D eigenvalue weighted by Crippen LogP contribution is -2.43. The maximum atomic E-state index is 12.5. The number of aromatic hydroxyl groups is 1. The van der Waals surface area contributed by atoms with E-state index in [1.807, 2.05) is 113 Å². The van der Waals surface area contributed by atoms with Crippen molar-refractivity contribution < 1.29 is 71.3 Å². The molecule has 21 nitrogen and oxygen atoms in total. The number of aromatic amines is 1. The molecule has 0 aliphatic rings. The number of nitrogens with zero attached hydrogens (tertiary/aromatic N) is 2. The first kappa shape index (κ1) is 98.3. The number of phenolic OH excluding ortho intramolecular Hbond substituents is 1. The molecule has 26 heteroatoms. The quantitative estimate of drug-likeness (QED) is 0.00866. The van der Waals surface area contributed by atoms with Crippen molar-refractivity contribution in [2.75, 3.05) is 32.9 Å². The minimum Gasteiger partial charge on any atom is -0.508 e. The molecular weight excluding hydrogens is 1550 g/mol.